The smallest absolute Gasteiger partial charge is 0.0914 e. The quantitative estimate of drug-likeness (QED) is 0.730. The molecule has 88 valence electrons. The van der Waals surface area contributed by atoms with E-state index in [1.54, 1.807) is 7.11 Å². The zero-order valence-corrected chi connectivity index (χ0v) is 10.7. The molecule has 0 aliphatic heterocycles. The van der Waals surface area contributed by atoms with Gasteiger partial charge >= 0.3 is 0 Å². The van der Waals surface area contributed by atoms with Crippen molar-refractivity contribution in [3.05, 3.63) is 66.2 Å². The molecule has 1 atom stereocenters. The molecule has 0 aliphatic rings. The van der Waals surface area contributed by atoms with Crippen LogP contribution >= 0.6 is 11.8 Å². The maximum Gasteiger partial charge on any atom is 0.0914 e. The Labute approximate surface area is 107 Å². The lowest BCUT2D eigenvalue weighted by molar-refractivity contribution is 0.123. The second-order valence-electron chi connectivity index (χ2n) is 3.76. The van der Waals surface area contributed by atoms with E-state index in [4.69, 9.17) is 4.74 Å². The Balaban J connectivity index is 1.97. The highest BCUT2D eigenvalue weighted by atomic mass is 32.2. The summed E-state index contributed by atoms with van der Waals surface area (Å²) in [4.78, 5) is 1.28. The summed E-state index contributed by atoms with van der Waals surface area (Å²) < 4.78 is 5.54. The zero-order chi connectivity index (χ0) is 11.9. The van der Waals surface area contributed by atoms with E-state index in [9.17, 15) is 0 Å². The van der Waals surface area contributed by atoms with E-state index in [2.05, 4.69) is 48.5 Å². The Bertz CT molecular complexity index is 427. The second kappa shape index (κ2) is 6.48. The van der Waals surface area contributed by atoms with Crippen LogP contribution < -0.4 is 0 Å². The predicted molar refractivity (Wildman–Crippen MR) is 73.4 cm³/mol. The number of thioether (sulfide) groups is 1. The molecule has 2 aromatic rings. The van der Waals surface area contributed by atoms with E-state index in [0.717, 1.165) is 5.75 Å². The molecule has 0 heterocycles. The first-order chi connectivity index (χ1) is 8.40. The van der Waals surface area contributed by atoms with Crippen molar-refractivity contribution in [3.63, 3.8) is 0 Å². The van der Waals surface area contributed by atoms with Crippen molar-refractivity contribution in [2.24, 2.45) is 0 Å². The van der Waals surface area contributed by atoms with Crippen LogP contribution in [0.1, 0.15) is 11.7 Å². The van der Waals surface area contributed by atoms with Crippen molar-refractivity contribution in [1.82, 2.24) is 0 Å². The molecule has 2 aromatic carbocycles. The largest absolute Gasteiger partial charge is 0.376 e. The number of methoxy groups -OCH3 is 1. The third-order valence-electron chi connectivity index (χ3n) is 2.60. The van der Waals surface area contributed by atoms with Crippen LogP contribution in [0, 0.1) is 0 Å². The summed E-state index contributed by atoms with van der Waals surface area (Å²) in [6, 6.07) is 20.8. The molecule has 0 saturated heterocycles. The van der Waals surface area contributed by atoms with Gasteiger partial charge in [-0.05, 0) is 17.7 Å². The molecular formula is C15H16OS. The van der Waals surface area contributed by atoms with Crippen LogP contribution in [0.4, 0.5) is 0 Å². The van der Waals surface area contributed by atoms with E-state index < -0.39 is 0 Å². The standard InChI is InChI=1S/C15H16OS/c1-16-15(13-8-4-2-5-9-13)12-17-14-10-6-3-7-11-14/h2-11,15H,12H2,1H3. The molecule has 0 radical (unpaired) electrons. The van der Waals surface area contributed by atoms with Gasteiger partial charge in [-0.25, -0.2) is 0 Å². The molecule has 1 unspecified atom stereocenters. The van der Waals surface area contributed by atoms with E-state index in [1.807, 2.05) is 23.9 Å². The summed E-state index contributed by atoms with van der Waals surface area (Å²) in [7, 11) is 1.77. The highest BCUT2D eigenvalue weighted by Crippen LogP contribution is 2.26. The van der Waals surface area contributed by atoms with Crippen molar-refractivity contribution >= 4 is 11.8 Å². The molecule has 1 nitrogen and oxygen atoms in total. The molecular weight excluding hydrogens is 228 g/mol. The van der Waals surface area contributed by atoms with E-state index in [0.29, 0.717) is 0 Å². The number of ether oxygens (including phenoxy) is 1. The van der Waals surface area contributed by atoms with E-state index >= 15 is 0 Å². The average Bonchev–Trinajstić information content (AvgIpc) is 2.42. The SMILES string of the molecule is COC(CSc1ccccc1)c1ccccc1. The molecule has 2 heteroatoms. The first-order valence-corrected chi connectivity index (χ1v) is 6.64. The summed E-state index contributed by atoms with van der Waals surface area (Å²) in [5.74, 6) is 0.935. The minimum Gasteiger partial charge on any atom is -0.376 e. The molecule has 0 saturated carbocycles. The van der Waals surface area contributed by atoms with Gasteiger partial charge in [0.1, 0.15) is 0 Å². The normalized spacial score (nSPS) is 12.3. The van der Waals surface area contributed by atoms with Gasteiger partial charge in [-0.3, -0.25) is 0 Å². The van der Waals surface area contributed by atoms with Crippen LogP contribution in [0.15, 0.2) is 65.6 Å². The second-order valence-corrected chi connectivity index (χ2v) is 4.85. The van der Waals surface area contributed by atoms with Gasteiger partial charge in [-0.2, -0.15) is 0 Å². The van der Waals surface area contributed by atoms with E-state index in [1.165, 1.54) is 10.5 Å². The van der Waals surface area contributed by atoms with Gasteiger partial charge in [-0.1, -0.05) is 48.5 Å². The molecule has 0 spiro atoms. The van der Waals surface area contributed by atoms with Crippen molar-refractivity contribution in [2.45, 2.75) is 11.0 Å². The van der Waals surface area contributed by atoms with Gasteiger partial charge in [0.15, 0.2) is 0 Å². The highest BCUT2D eigenvalue weighted by Gasteiger charge is 2.09. The van der Waals surface area contributed by atoms with Crippen LogP contribution in [-0.4, -0.2) is 12.9 Å². The van der Waals surface area contributed by atoms with Gasteiger partial charge in [0.25, 0.3) is 0 Å². The number of benzene rings is 2. The molecule has 17 heavy (non-hydrogen) atoms. The molecule has 0 amide bonds. The maximum absolute atomic E-state index is 5.54. The maximum atomic E-state index is 5.54. The van der Waals surface area contributed by atoms with Crippen molar-refractivity contribution < 1.29 is 4.74 Å². The lowest BCUT2D eigenvalue weighted by Gasteiger charge is -2.15. The minimum absolute atomic E-state index is 0.154. The minimum atomic E-state index is 0.154. The first-order valence-electron chi connectivity index (χ1n) is 5.66. The van der Waals surface area contributed by atoms with Gasteiger partial charge in [0.2, 0.25) is 0 Å². The first kappa shape index (κ1) is 12.2. The summed E-state index contributed by atoms with van der Waals surface area (Å²) in [6.45, 7) is 0. The van der Waals surface area contributed by atoms with Crippen LogP contribution in [-0.2, 0) is 4.74 Å². The van der Waals surface area contributed by atoms with Crippen LogP contribution in [0.5, 0.6) is 0 Å². The third-order valence-corrected chi connectivity index (χ3v) is 3.68. The van der Waals surface area contributed by atoms with Crippen LogP contribution in [0.2, 0.25) is 0 Å². The Hall–Kier alpha value is -1.25. The Kier molecular flexibility index (Phi) is 4.65. The predicted octanol–water partition coefficient (Wildman–Crippen LogP) is 4.17. The summed E-state index contributed by atoms with van der Waals surface area (Å²) >= 11 is 1.82. The van der Waals surface area contributed by atoms with Gasteiger partial charge < -0.3 is 4.74 Å². The third kappa shape index (κ3) is 3.62. The summed E-state index contributed by atoms with van der Waals surface area (Å²) in [5, 5.41) is 0. The van der Waals surface area contributed by atoms with Crippen LogP contribution in [0.3, 0.4) is 0 Å². The van der Waals surface area contributed by atoms with Gasteiger partial charge in [0, 0.05) is 17.8 Å². The lowest BCUT2D eigenvalue weighted by atomic mass is 10.1. The Morgan fingerprint density at radius 2 is 1.53 bits per heavy atom. The number of rotatable bonds is 5. The summed E-state index contributed by atoms with van der Waals surface area (Å²) in [6.07, 6.45) is 0.154. The lowest BCUT2D eigenvalue weighted by Crippen LogP contribution is -2.04. The Morgan fingerprint density at radius 1 is 0.941 bits per heavy atom. The van der Waals surface area contributed by atoms with Crippen molar-refractivity contribution in [3.8, 4) is 0 Å². The number of hydrogen-bond donors (Lipinski definition) is 0. The highest BCUT2D eigenvalue weighted by molar-refractivity contribution is 7.99. The average molecular weight is 244 g/mol. The molecule has 2 rings (SSSR count). The monoisotopic (exact) mass is 244 g/mol. The molecule has 0 aromatic heterocycles. The molecule has 0 aliphatic carbocycles. The van der Waals surface area contributed by atoms with Crippen molar-refractivity contribution in [2.75, 3.05) is 12.9 Å². The fourth-order valence-corrected chi connectivity index (χ4v) is 2.68. The van der Waals surface area contributed by atoms with Crippen molar-refractivity contribution in [1.29, 1.82) is 0 Å². The Morgan fingerprint density at radius 3 is 2.12 bits per heavy atom. The fraction of sp³-hybridized carbons (Fsp3) is 0.200. The summed E-state index contributed by atoms with van der Waals surface area (Å²) in [5.41, 5.74) is 1.23. The van der Waals surface area contributed by atoms with Gasteiger partial charge in [0.05, 0.1) is 6.10 Å². The van der Waals surface area contributed by atoms with Gasteiger partial charge in [-0.15, -0.1) is 11.8 Å². The fourth-order valence-electron chi connectivity index (χ4n) is 1.66. The topological polar surface area (TPSA) is 9.23 Å². The van der Waals surface area contributed by atoms with E-state index in [-0.39, 0.29) is 6.10 Å². The molecule has 0 bridgehead atoms. The molecule has 0 fully saturated rings. The van der Waals surface area contributed by atoms with Crippen LogP contribution in [0.25, 0.3) is 0 Å². The molecule has 0 N–H and O–H groups in total. The zero-order valence-electron chi connectivity index (χ0n) is 9.87. The number of hydrogen-bond acceptors (Lipinski definition) is 2.